The normalized spacial score (nSPS) is 12.0. The molecule has 0 aliphatic carbocycles. The molecule has 2 rings (SSSR count). The highest BCUT2D eigenvalue weighted by atomic mass is 79.9. The molecular formula is C14H16BrNO2S2. The van der Waals surface area contributed by atoms with Crippen molar-refractivity contribution in [1.29, 1.82) is 0 Å². The Labute approximate surface area is 132 Å². The van der Waals surface area contributed by atoms with Gasteiger partial charge in [-0.05, 0) is 44.4 Å². The summed E-state index contributed by atoms with van der Waals surface area (Å²) in [5, 5.41) is 1.75. The van der Waals surface area contributed by atoms with Gasteiger partial charge in [-0.25, -0.2) is 13.1 Å². The van der Waals surface area contributed by atoms with E-state index < -0.39 is 10.0 Å². The van der Waals surface area contributed by atoms with Crippen LogP contribution in [0.25, 0.3) is 0 Å². The van der Waals surface area contributed by atoms with Crippen molar-refractivity contribution in [3.8, 4) is 0 Å². The van der Waals surface area contributed by atoms with E-state index in [-0.39, 0.29) is 0 Å². The van der Waals surface area contributed by atoms with Gasteiger partial charge < -0.3 is 0 Å². The molecule has 108 valence electrons. The molecule has 0 unspecified atom stereocenters. The third kappa shape index (κ3) is 3.69. The number of nitrogens with one attached hydrogen (secondary N) is 1. The van der Waals surface area contributed by atoms with E-state index in [0.717, 1.165) is 5.56 Å². The molecule has 0 amide bonds. The van der Waals surface area contributed by atoms with Crippen LogP contribution in [-0.2, 0) is 16.6 Å². The molecule has 20 heavy (non-hydrogen) atoms. The van der Waals surface area contributed by atoms with Crippen LogP contribution in [-0.4, -0.2) is 8.42 Å². The first kappa shape index (κ1) is 15.7. The first-order valence-electron chi connectivity index (χ1n) is 6.21. The lowest BCUT2D eigenvalue weighted by molar-refractivity contribution is 0.583. The zero-order valence-corrected chi connectivity index (χ0v) is 14.5. The molecule has 0 radical (unpaired) electrons. The minimum absolute atomic E-state index is 0.297. The Morgan fingerprint density at radius 3 is 2.35 bits per heavy atom. The van der Waals surface area contributed by atoms with Gasteiger partial charge in [-0.3, -0.25) is 0 Å². The third-order valence-corrected chi connectivity index (χ3v) is 7.01. The van der Waals surface area contributed by atoms with Crippen molar-refractivity contribution in [2.24, 2.45) is 0 Å². The molecule has 0 saturated heterocycles. The predicted octanol–water partition coefficient (Wildman–Crippen LogP) is 4.11. The van der Waals surface area contributed by atoms with E-state index in [4.69, 9.17) is 0 Å². The second-order valence-corrected chi connectivity index (χ2v) is 8.51. The van der Waals surface area contributed by atoms with Crippen molar-refractivity contribution in [2.75, 3.05) is 0 Å². The van der Waals surface area contributed by atoms with Crippen LogP contribution >= 0.6 is 27.3 Å². The van der Waals surface area contributed by atoms with Crippen LogP contribution in [0, 0.1) is 0 Å². The first-order chi connectivity index (χ1) is 9.40. The molecule has 3 nitrogen and oxygen atoms in total. The molecule has 1 aromatic carbocycles. The van der Waals surface area contributed by atoms with Gasteiger partial charge in [-0.2, -0.15) is 0 Å². The number of rotatable bonds is 5. The van der Waals surface area contributed by atoms with Crippen LogP contribution in [0.15, 0.2) is 44.4 Å². The summed E-state index contributed by atoms with van der Waals surface area (Å²) >= 11 is 4.45. The molecule has 0 aliphatic rings. The Hall–Kier alpha value is -0.690. The Morgan fingerprint density at radius 1 is 1.20 bits per heavy atom. The van der Waals surface area contributed by atoms with Gasteiger partial charge in [0.1, 0.15) is 4.21 Å². The van der Waals surface area contributed by atoms with E-state index in [1.165, 1.54) is 16.9 Å². The molecule has 0 fully saturated rings. The van der Waals surface area contributed by atoms with Gasteiger partial charge in [0.05, 0.1) is 0 Å². The number of benzene rings is 1. The highest BCUT2D eigenvalue weighted by Gasteiger charge is 2.18. The fourth-order valence-electron chi connectivity index (χ4n) is 1.74. The molecule has 1 aromatic heterocycles. The largest absolute Gasteiger partial charge is 0.251 e. The summed E-state index contributed by atoms with van der Waals surface area (Å²) in [6.45, 7) is 4.56. The topological polar surface area (TPSA) is 46.2 Å². The van der Waals surface area contributed by atoms with Crippen molar-refractivity contribution in [3.63, 3.8) is 0 Å². The van der Waals surface area contributed by atoms with Crippen LogP contribution in [0.5, 0.6) is 0 Å². The van der Waals surface area contributed by atoms with E-state index in [1.54, 1.807) is 11.4 Å². The Morgan fingerprint density at radius 2 is 1.85 bits per heavy atom. The lowest BCUT2D eigenvalue weighted by Crippen LogP contribution is -2.22. The molecule has 0 atom stereocenters. The van der Waals surface area contributed by atoms with Gasteiger partial charge in [0.15, 0.2) is 0 Å². The third-order valence-electron chi connectivity index (χ3n) is 2.94. The summed E-state index contributed by atoms with van der Waals surface area (Å²) < 4.78 is 27.8. The summed E-state index contributed by atoms with van der Waals surface area (Å²) in [6, 6.07) is 9.73. The Kier molecular flexibility index (Phi) is 5.01. The summed E-state index contributed by atoms with van der Waals surface area (Å²) in [6.07, 6.45) is 0. The minimum Gasteiger partial charge on any atom is -0.206 e. The molecule has 2 aromatic rings. The summed E-state index contributed by atoms with van der Waals surface area (Å²) in [7, 11) is -3.45. The lowest BCUT2D eigenvalue weighted by Gasteiger charge is -2.08. The monoisotopic (exact) mass is 373 g/mol. The number of hydrogen-bond acceptors (Lipinski definition) is 3. The van der Waals surface area contributed by atoms with Crippen LogP contribution in [0.4, 0.5) is 0 Å². The van der Waals surface area contributed by atoms with Gasteiger partial charge in [0.2, 0.25) is 0 Å². The summed E-state index contributed by atoms with van der Waals surface area (Å²) in [5.74, 6) is 0.475. The van der Waals surface area contributed by atoms with Crippen molar-refractivity contribution < 1.29 is 8.42 Å². The minimum atomic E-state index is -3.45. The molecule has 0 bridgehead atoms. The quantitative estimate of drug-likeness (QED) is 0.856. The van der Waals surface area contributed by atoms with Gasteiger partial charge in [-0.15, -0.1) is 11.3 Å². The smallest absolute Gasteiger partial charge is 0.206 e. The van der Waals surface area contributed by atoms with Gasteiger partial charge in [0, 0.05) is 11.0 Å². The second kappa shape index (κ2) is 6.39. The first-order valence-corrected chi connectivity index (χ1v) is 9.37. The number of sulfonamides is 1. The molecule has 0 saturated carbocycles. The van der Waals surface area contributed by atoms with Crippen molar-refractivity contribution in [1.82, 2.24) is 4.72 Å². The SMILES string of the molecule is CC(C)c1ccc(CNS(=O)(=O)c2sccc2Br)cc1. The Bertz CT molecular complexity index is 675. The number of hydrogen-bond donors (Lipinski definition) is 1. The van der Waals surface area contributed by atoms with Crippen LogP contribution in [0.2, 0.25) is 0 Å². The van der Waals surface area contributed by atoms with E-state index >= 15 is 0 Å². The van der Waals surface area contributed by atoms with Gasteiger partial charge >= 0.3 is 0 Å². The van der Waals surface area contributed by atoms with Crippen LogP contribution in [0.1, 0.15) is 30.9 Å². The fourth-order valence-corrected chi connectivity index (χ4v) is 5.13. The summed E-state index contributed by atoms with van der Waals surface area (Å²) in [5.41, 5.74) is 2.20. The van der Waals surface area contributed by atoms with E-state index in [9.17, 15) is 8.42 Å². The number of halogens is 1. The average molecular weight is 374 g/mol. The Balaban J connectivity index is 2.07. The van der Waals surface area contributed by atoms with Crippen LogP contribution in [0.3, 0.4) is 0 Å². The standard InChI is InChI=1S/C14H16BrNO2S2/c1-10(2)12-5-3-11(4-6-12)9-16-20(17,18)14-13(15)7-8-19-14/h3-8,10,16H,9H2,1-2H3. The van der Waals surface area contributed by atoms with Gasteiger partial charge in [-0.1, -0.05) is 38.1 Å². The molecule has 1 heterocycles. The molecule has 6 heteroatoms. The van der Waals surface area contributed by atoms with E-state index in [0.29, 0.717) is 21.1 Å². The highest BCUT2D eigenvalue weighted by Crippen LogP contribution is 2.27. The van der Waals surface area contributed by atoms with E-state index in [1.807, 2.05) is 24.3 Å². The zero-order valence-electron chi connectivity index (χ0n) is 11.3. The second-order valence-electron chi connectivity index (χ2n) is 4.78. The lowest BCUT2D eigenvalue weighted by atomic mass is 10.0. The van der Waals surface area contributed by atoms with Crippen molar-refractivity contribution in [2.45, 2.75) is 30.5 Å². The van der Waals surface area contributed by atoms with Crippen molar-refractivity contribution >= 4 is 37.3 Å². The van der Waals surface area contributed by atoms with Crippen molar-refractivity contribution in [3.05, 3.63) is 51.3 Å². The maximum Gasteiger partial charge on any atom is 0.251 e. The molecular weight excluding hydrogens is 358 g/mol. The highest BCUT2D eigenvalue weighted by molar-refractivity contribution is 9.10. The number of thiophene rings is 1. The molecule has 0 spiro atoms. The van der Waals surface area contributed by atoms with E-state index in [2.05, 4.69) is 34.5 Å². The average Bonchev–Trinajstić information content (AvgIpc) is 2.84. The molecule has 1 N–H and O–H groups in total. The predicted molar refractivity (Wildman–Crippen MR) is 86.6 cm³/mol. The van der Waals surface area contributed by atoms with Crippen LogP contribution < -0.4 is 4.72 Å². The summed E-state index contributed by atoms with van der Waals surface area (Å²) in [4.78, 5) is 0. The maximum absolute atomic E-state index is 12.1. The van der Waals surface area contributed by atoms with Gasteiger partial charge in [0.25, 0.3) is 10.0 Å². The molecule has 0 aliphatic heterocycles. The maximum atomic E-state index is 12.1. The zero-order chi connectivity index (χ0) is 14.8. The fraction of sp³-hybridized carbons (Fsp3) is 0.286.